The van der Waals surface area contributed by atoms with Crippen LogP contribution in [0.2, 0.25) is 5.02 Å². The summed E-state index contributed by atoms with van der Waals surface area (Å²) in [6.45, 7) is 0. The number of thioether (sulfide) groups is 1. The molecule has 7 heteroatoms. The molecule has 116 valence electrons. The van der Waals surface area contributed by atoms with Crippen LogP contribution in [0.15, 0.2) is 65.1 Å². The Bertz CT molecular complexity index is 800. The Kier molecular flexibility index (Phi) is 5.05. The predicted octanol–water partition coefficient (Wildman–Crippen LogP) is 4.25. The molecule has 0 bridgehead atoms. The molecular weight excluding hydrogens is 335 g/mol. The summed E-state index contributed by atoms with van der Waals surface area (Å²) in [5.74, 6) is 0.465. The van der Waals surface area contributed by atoms with E-state index in [9.17, 15) is 4.39 Å². The molecule has 0 radical (unpaired) electrons. The van der Waals surface area contributed by atoms with Gasteiger partial charge >= 0.3 is 0 Å². The molecule has 23 heavy (non-hydrogen) atoms. The predicted molar refractivity (Wildman–Crippen MR) is 90.4 cm³/mol. The van der Waals surface area contributed by atoms with Gasteiger partial charge in [-0.1, -0.05) is 47.6 Å². The maximum atomic E-state index is 12.9. The molecule has 0 aliphatic heterocycles. The second-order valence-electron chi connectivity index (χ2n) is 4.67. The zero-order valence-corrected chi connectivity index (χ0v) is 13.5. The molecule has 0 aliphatic carbocycles. The number of hydrogen-bond acceptors (Lipinski definition) is 4. The maximum Gasteiger partial charge on any atom is 0.212 e. The largest absolute Gasteiger partial charge is 0.212 e. The summed E-state index contributed by atoms with van der Waals surface area (Å²) in [6, 6.07) is 13.8. The van der Waals surface area contributed by atoms with Crippen LogP contribution in [0.4, 0.5) is 4.39 Å². The summed E-state index contributed by atoms with van der Waals surface area (Å²) < 4.78 is 14.5. The Morgan fingerprint density at radius 3 is 2.61 bits per heavy atom. The first-order valence-corrected chi connectivity index (χ1v) is 8.14. The number of nitrogens with zero attached hydrogens (tertiary/aromatic N) is 4. The average Bonchev–Trinajstić information content (AvgIpc) is 3.01. The van der Waals surface area contributed by atoms with Crippen LogP contribution < -0.4 is 0 Å². The number of rotatable bonds is 5. The molecule has 0 amide bonds. The fourth-order valence-corrected chi connectivity index (χ4v) is 2.75. The van der Waals surface area contributed by atoms with Crippen molar-refractivity contribution < 1.29 is 4.39 Å². The summed E-state index contributed by atoms with van der Waals surface area (Å²) in [4.78, 5) is 0. The van der Waals surface area contributed by atoms with Crippen molar-refractivity contribution in [3.8, 4) is 0 Å². The number of halogens is 2. The molecule has 0 fully saturated rings. The fourth-order valence-electron chi connectivity index (χ4n) is 1.80. The molecule has 3 aromatic rings. The van der Waals surface area contributed by atoms with Crippen molar-refractivity contribution in [3.05, 3.63) is 76.8 Å². The highest BCUT2D eigenvalue weighted by Crippen LogP contribution is 2.21. The molecule has 0 atom stereocenters. The Morgan fingerprint density at radius 1 is 1.13 bits per heavy atom. The molecule has 3 rings (SSSR count). The average molecular weight is 347 g/mol. The van der Waals surface area contributed by atoms with Crippen molar-refractivity contribution >= 4 is 29.6 Å². The third-order valence-corrected chi connectivity index (χ3v) is 4.24. The Labute approximate surface area is 142 Å². The number of benzene rings is 2. The quantitative estimate of drug-likeness (QED) is 0.512. The number of aromatic nitrogens is 3. The van der Waals surface area contributed by atoms with Crippen LogP contribution in [-0.4, -0.2) is 21.1 Å². The van der Waals surface area contributed by atoms with Crippen molar-refractivity contribution in [1.82, 2.24) is 14.9 Å². The highest BCUT2D eigenvalue weighted by Gasteiger charge is 2.04. The van der Waals surface area contributed by atoms with Crippen molar-refractivity contribution in [3.63, 3.8) is 0 Å². The monoisotopic (exact) mass is 346 g/mol. The zero-order valence-electron chi connectivity index (χ0n) is 11.9. The summed E-state index contributed by atoms with van der Waals surface area (Å²) in [5, 5.41) is 13.6. The van der Waals surface area contributed by atoms with E-state index in [0.717, 1.165) is 16.9 Å². The standard InChI is InChI=1S/C16H12ClFN4S/c17-14-5-1-13(2-6-14)10-23-16-21-19-11-22(16)20-9-12-3-7-15(18)8-4-12/h1-9,11H,10H2/b20-9+. The molecule has 4 nitrogen and oxygen atoms in total. The first-order valence-electron chi connectivity index (χ1n) is 6.78. The van der Waals surface area contributed by atoms with Crippen LogP contribution in [0.25, 0.3) is 0 Å². The van der Waals surface area contributed by atoms with Crippen molar-refractivity contribution in [2.75, 3.05) is 0 Å². The van der Waals surface area contributed by atoms with Crippen LogP contribution in [0, 0.1) is 5.82 Å². The third kappa shape index (κ3) is 4.40. The van der Waals surface area contributed by atoms with Gasteiger partial charge in [-0.15, -0.1) is 10.2 Å². The van der Waals surface area contributed by atoms with Gasteiger partial charge in [0.05, 0.1) is 6.21 Å². The third-order valence-electron chi connectivity index (χ3n) is 2.98. The van der Waals surface area contributed by atoms with Gasteiger partial charge in [0.1, 0.15) is 12.1 Å². The van der Waals surface area contributed by atoms with Gasteiger partial charge in [-0.2, -0.15) is 9.78 Å². The second-order valence-corrected chi connectivity index (χ2v) is 6.05. The lowest BCUT2D eigenvalue weighted by atomic mass is 10.2. The molecule has 1 heterocycles. The van der Waals surface area contributed by atoms with Crippen LogP contribution in [-0.2, 0) is 5.75 Å². The smallest absolute Gasteiger partial charge is 0.207 e. The minimum atomic E-state index is -0.273. The lowest BCUT2D eigenvalue weighted by Gasteiger charge is -2.01. The van der Waals surface area contributed by atoms with Gasteiger partial charge in [-0.05, 0) is 35.4 Å². The van der Waals surface area contributed by atoms with E-state index in [4.69, 9.17) is 11.6 Å². The van der Waals surface area contributed by atoms with Gasteiger partial charge in [0.2, 0.25) is 5.16 Å². The molecule has 0 spiro atoms. The van der Waals surface area contributed by atoms with E-state index in [-0.39, 0.29) is 5.82 Å². The molecular formula is C16H12ClFN4S. The van der Waals surface area contributed by atoms with Crippen LogP contribution in [0.5, 0.6) is 0 Å². The normalized spacial score (nSPS) is 11.2. The van der Waals surface area contributed by atoms with Crippen molar-refractivity contribution in [2.45, 2.75) is 10.9 Å². The van der Waals surface area contributed by atoms with Gasteiger partial charge in [-0.3, -0.25) is 0 Å². The molecule has 0 saturated heterocycles. The van der Waals surface area contributed by atoms with Gasteiger partial charge in [0, 0.05) is 10.8 Å². The second kappa shape index (κ2) is 7.39. The molecule has 1 aromatic heterocycles. The summed E-state index contributed by atoms with van der Waals surface area (Å²) in [6.07, 6.45) is 3.17. The summed E-state index contributed by atoms with van der Waals surface area (Å²) in [7, 11) is 0. The molecule has 0 saturated carbocycles. The van der Waals surface area contributed by atoms with E-state index in [1.807, 2.05) is 24.3 Å². The molecule has 0 aliphatic rings. The first kappa shape index (κ1) is 15.7. The molecule has 0 unspecified atom stereocenters. The van der Waals surface area contributed by atoms with E-state index >= 15 is 0 Å². The number of hydrogen-bond donors (Lipinski definition) is 0. The highest BCUT2D eigenvalue weighted by atomic mass is 35.5. The topological polar surface area (TPSA) is 43.1 Å². The maximum absolute atomic E-state index is 12.9. The summed E-state index contributed by atoms with van der Waals surface area (Å²) >= 11 is 7.39. The minimum Gasteiger partial charge on any atom is -0.207 e. The van der Waals surface area contributed by atoms with Crippen LogP contribution >= 0.6 is 23.4 Å². The molecule has 0 N–H and O–H groups in total. The van der Waals surface area contributed by atoms with Gasteiger partial charge in [0.15, 0.2) is 0 Å². The summed E-state index contributed by atoms with van der Waals surface area (Å²) in [5.41, 5.74) is 1.94. The fraction of sp³-hybridized carbons (Fsp3) is 0.0625. The lowest BCUT2D eigenvalue weighted by molar-refractivity contribution is 0.628. The van der Waals surface area contributed by atoms with Crippen molar-refractivity contribution in [1.29, 1.82) is 0 Å². The molecule has 2 aromatic carbocycles. The van der Waals surface area contributed by atoms with Crippen molar-refractivity contribution in [2.24, 2.45) is 5.10 Å². The van der Waals surface area contributed by atoms with E-state index in [0.29, 0.717) is 10.2 Å². The van der Waals surface area contributed by atoms with Gasteiger partial charge in [0.25, 0.3) is 0 Å². The lowest BCUT2D eigenvalue weighted by Crippen LogP contribution is -1.93. The highest BCUT2D eigenvalue weighted by molar-refractivity contribution is 7.98. The van der Waals surface area contributed by atoms with Gasteiger partial charge in [-0.25, -0.2) is 4.39 Å². The van der Waals surface area contributed by atoms with E-state index < -0.39 is 0 Å². The van der Waals surface area contributed by atoms with Crippen LogP contribution in [0.1, 0.15) is 11.1 Å². The Balaban J connectivity index is 1.67. The van der Waals surface area contributed by atoms with Crippen LogP contribution in [0.3, 0.4) is 0 Å². The SMILES string of the molecule is Fc1ccc(/C=N/n2cnnc2SCc2ccc(Cl)cc2)cc1. The van der Waals surface area contributed by atoms with E-state index in [1.165, 1.54) is 30.2 Å². The van der Waals surface area contributed by atoms with E-state index in [2.05, 4.69) is 15.3 Å². The van der Waals surface area contributed by atoms with Gasteiger partial charge < -0.3 is 0 Å². The Hall–Kier alpha value is -2.18. The zero-order chi connectivity index (χ0) is 16.1. The van der Waals surface area contributed by atoms with E-state index in [1.54, 1.807) is 23.0 Å². The minimum absolute atomic E-state index is 0.273. The first-order chi connectivity index (χ1) is 11.2. The Morgan fingerprint density at radius 2 is 1.87 bits per heavy atom.